The quantitative estimate of drug-likeness (QED) is 0.458. The lowest BCUT2D eigenvalue weighted by molar-refractivity contribution is -0.936. The van der Waals surface area contributed by atoms with Crippen LogP contribution in [0.3, 0.4) is 0 Å². The molecule has 0 amide bonds. The van der Waals surface area contributed by atoms with Gasteiger partial charge in [0.05, 0.1) is 26.2 Å². The van der Waals surface area contributed by atoms with Crippen molar-refractivity contribution in [2.24, 2.45) is 0 Å². The lowest BCUT2D eigenvalue weighted by atomic mass is 9.97. The van der Waals surface area contributed by atoms with Crippen LogP contribution in [0, 0.1) is 0 Å². The summed E-state index contributed by atoms with van der Waals surface area (Å²) in [4.78, 5) is 0. The van der Waals surface area contributed by atoms with Crippen molar-refractivity contribution in [2.45, 2.75) is 45.6 Å². The van der Waals surface area contributed by atoms with E-state index in [4.69, 9.17) is 17.5 Å². The van der Waals surface area contributed by atoms with Gasteiger partial charge in [-0.3, -0.25) is 4.55 Å². The van der Waals surface area contributed by atoms with Gasteiger partial charge in [0, 0.05) is 0 Å². The highest BCUT2D eigenvalue weighted by atomic mass is 32.3. The summed E-state index contributed by atoms with van der Waals surface area (Å²) in [6.45, 7) is 7.39. The second-order valence-corrected chi connectivity index (χ2v) is 5.36. The van der Waals surface area contributed by atoms with Crippen molar-refractivity contribution in [1.82, 2.24) is 0 Å². The zero-order valence-corrected chi connectivity index (χ0v) is 11.2. The fraction of sp³-hybridized carbons (Fsp3) is 1.00. The van der Waals surface area contributed by atoms with Crippen molar-refractivity contribution >= 4 is 10.4 Å². The fourth-order valence-corrected chi connectivity index (χ4v) is 2.41. The molecule has 1 heterocycles. The minimum absolute atomic E-state index is 0.953. The predicted molar refractivity (Wildman–Crippen MR) is 61.8 cm³/mol. The van der Waals surface area contributed by atoms with E-state index >= 15 is 0 Å². The molecular weight excluding hydrogens is 230 g/mol. The van der Waals surface area contributed by atoms with E-state index in [1.807, 2.05) is 0 Å². The average Bonchev–Trinajstić information content (AvgIpc) is 2.16. The van der Waals surface area contributed by atoms with E-state index in [1.54, 1.807) is 0 Å². The lowest BCUT2D eigenvalue weighted by Crippen LogP contribution is -2.54. The molecule has 1 saturated heterocycles. The second kappa shape index (κ2) is 6.54. The summed E-state index contributed by atoms with van der Waals surface area (Å²) in [5, 5.41) is 0. The van der Waals surface area contributed by atoms with Crippen LogP contribution in [0.15, 0.2) is 0 Å². The lowest BCUT2D eigenvalue weighted by Gasteiger charge is -2.44. The molecule has 1 N–H and O–H groups in total. The first kappa shape index (κ1) is 15.8. The third-order valence-corrected chi connectivity index (χ3v) is 3.53. The zero-order valence-electron chi connectivity index (χ0n) is 10.3. The number of nitrogens with zero attached hydrogens (tertiary/aromatic N) is 1. The van der Waals surface area contributed by atoms with E-state index < -0.39 is 10.4 Å². The summed E-state index contributed by atoms with van der Waals surface area (Å²) in [6, 6.07) is 0.953. The molecule has 6 heteroatoms. The largest absolute Gasteiger partial charge is 0.726 e. The minimum Gasteiger partial charge on any atom is -0.726 e. The van der Waals surface area contributed by atoms with Crippen LogP contribution in [0.5, 0.6) is 0 Å². The van der Waals surface area contributed by atoms with Gasteiger partial charge in [0.15, 0.2) is 0 Å². The SMILES string of the molecule is CCC1CCCC[N+]1(C)CC.O=S(=O)([O-])O. The maximum Gasteiger partial charge on any atom is 0.215 e. The van der Waals surface area contributed by atoms with Gasteiger partial charge in [0.25, 0.3) is 0 Å². The summed E-state index contributed by atoms with van der Waals surface area (Å²) in [5.41, 5.74) is 0. The molecule has 0 bridgehead atoms. The third kappa shape index (κ3) is 6.42. The van der Waals surface area contributed by atoms with E-state index in [9.17, 15) is 0 Å². The van der Waals surface area contributed by atoms with Gasteiger partial charge in [-0.25, -0.2) is 8.42 Å². The van der Waals surface area contributed by atoms with Crippen LogP contribution in [0.25, 0.3) is 0 Å². The molecule has 0 spiro atoms. The molecule has 2 atom stereocenters. The van der Waals surface area contributed by atoms with Crippen molar-refractivity contribution < 1.29 is 22.0 Å². The van der Waals surface area contributed by atoms with Crippen molar-refractivity contribution in [3.05, 3.63) is 0 Å². The molecule has 5 nitrogen and oxygen atoms in total. The smallest absolute Gasteiger partial charge is 0.215 e. The molecule has 1 aliphatic heterocycles. The minimum atomic E-state index is -4.92. The summed E-state index contributed by atoms with van der Waals surface area (Å²) in [7, 11) is -2.49. The number of quaternary nitrogens is 1. The monoisotopic (exact) mass is 253 g/mol. The molecule has 0 aromatic heterocycles. The molecular formula is C10H23NO4S. The van der Waals surface area contributed by atoms with Crippen LogP contribution in [0.2, 0.25) is 0 Å². The molecule has 0 aromatic rings. The van der Waals surface area contributed by atoms with E-state index in [-0.39, 0.29) is 0 Å². The molecule has 0 aliphatic carbocycles. The Balaban J connectivity index is 0.000000385. The molecule has 1 rings (SSSR count). The fourth-order valence-electron chi connectivity index (χ4n) is 2.41. The maximum atomic E-state index is 8.63. The predicted octanol–water partition coefficient (Wildman–Crippen LogP) is 1.42. The molecule has 2 unspecified atom stereocenters. The Morgan fingerprint density at radius 1 is 1.38 bits per heavy atom. The number of hydrogen-bond acceptors (Lipinski definition) is 3. The van der Waals surface area contributed by atoms with E-state index in [2.05, 4.69) is 20.9 Å². The van der Waals surface area contributed by atoms with E-state index in [0.717, 1.165) is 6.04 Å². The normalized spacial score (nSPS) is 30.4. The number of hydrogen-bond donors (Lipinski definition) is 1. The summed E-state index contributed by atoms with van der Waals surface area (Å²) in [5.74, 6) is 0. The molecule has 0 aromatic carbocycles. The van der Waals surface area contributed by atoms with Crippen molar-refractivity contribution in [2.75, 3.05) is 20.1 Å². The van der Waals surface area contributed by atoms with Gasteiger partial charge in [-0.2, -0.15) is 0 Å². The highest BCUT2D eigenvalue weighted by Crippen LogP contribution is 2.25. The number of likely N-dealkylation sites (tertiary alicyclic amines) is 1. The first-order chi connectivity index (χ1) is 7.23. The van der Waals surface area contributed by atoms with Crippen LogP contribution < -0.4 is 0 Å². The molecule has 0 saturated carbocycles. The second-order valence-electron chi connectivity index (χ2n) is 4.50. The number of rotatable bonds is 2. The van der Waals surface area contributed by atoms with Gasteiger partial charge in [0.2, 0.25) is 10.4 Å². The first-order valence-electron chi connectivity index (χ1n) is 5.75. The Bertz CT molecular complexity index is 283. The van der Waals surface area contributed by atoms with Crippen LogP contribution in [-0.4, -0.2) is 48.2 Å². The molecule has 1 fully saturated rings. The van der Waals surface area contributed by atoms with Gasteiger partial charge in [-0.15, -0.1) is 0 Å². The highest BCUT2D eigenvalue weighted by Gasteiger charge is 2.31. The summed E-state index contributed by atoms with van der Waals surface area (Å²) in [6.07, 6.45) is 5.73. The topological polar surface area (TPSA) is 77.4 Å². The highest BCUT2D eigenvalue weighted by molar-refractivity contribution is 7.79. The Morgan fingerprint density at radius 2 is 1.88 bits per heavy atom. The molecule has 98 valence electrons. The maximum absolute atomic E-state index is 8.63. The van der Waals surface area contributed by atoms with Crippen LogP contribution >= 0.6 is 0 Å². The van der Waals surface area contributed by atoms with Gasteiger partial charge in [-0.1, -0.05) is 6.92 Å². The summed E-state index contributed by atoms with van der Waals surface area (Å²) < 4.78 is 34.2. The van der Waals surface area contributed by atoms with Crippen molar-refractivity contribution in [3.8, 4) is 0 Å². The Morgan fingerprint density at radius 3 is 2.19 bits per heavy atom. The standard InChI is InChI=1S/C10H22N.H2O4S/c1-4-10-8-6-7-9-11(10,3)5-2;1-5(2,3)4/h10H,4-9H2,1-3H3;(H2,1,2,3,4)/q+1;/p-1. The number of piperidine rings is 1. The van der Waals surface area contributed by atoms with Crippen LogP contribution in [0.1, 0.15) is 39.5 Å². The Kier molecular flexibility index (Phi) is 6.47. The van der Waals surface area contributed by atoms with Crippen molar-refractivity contribution in [1.29, 1.82) is 0 Å². The molecule has 1 aliphatic rings. The summed E-state index contributed by atoms with van der Waals surface area (Å²) >= 11 is 0. The molecule has 16 heavy (non-hydrogen) atoms. The van der Waals surface area contributed by atoms with Crippen LogP contribution in [0.4, 0.5) is 0 Å². The Hall–Kier alpha value is -0.170. The van der Waals surface area contributed by atoms with Gasteiger partial charge in [0.1, 0.15) is 0 Å². The van der Waals surface area contributed by atoms with Gasteiger partial charge in [-0.05, 0) is 32.6 Å². The third-order valence-electron chi connectivity index (χ3n) is 3.53. The zero-order chi connectivity index (χ0) is 12.8. The van der Waals surface area contributed by atoms with E-state index in [0.29, 0.717) is 0 Å². The van der Waals surface area contributed by atoms with Crippen molar-refractivity contribution in [3.63, 3.8) is 0 Å². The van der Waals surface area contributed by atoms with E-state index in [1.165, 1.54) is 43.3 Å². The average molecular weight is 253 g/mol. The van der Waals surface area contributed by atoms with Gasteiger partial charge >= 0.3 is 0 Å². The molecule has 0 radical (unpaired) electrons. The van der Waals surface area contributed by atoms with Gasteiger partial charge < -0.3 is 9.04 Å². The Labute approximate surface area is 98.6 Å². The first-order valence-corrected chi connectivity index (χ1v) is 7.12. The van der Waals surface area contributed by atoms with Crippen LogP contribution in [-0.2, 0) is 10.4 Å².